The highest BCUT2D eigenvalue weighted by atomic mass is 79.9. The first-order chi connectivity index (χ1) is 9.45. The molecule has 2 rings (SSSR count). The van der Waals surface area contributed by atoms with Gasteiger partial charge in [0.05, 0.1) is 0 Å². The van der Waals surface area contributed by atoms with Crippen LogP contribution in [-0.2, 0) is 0 Å². The van der Waals surface area contributed by atoms with Crippen molar-refractivity contribution >= 4 is 39.9 Å². The molecule has 0 aliphatic carbocycles. The summed E-state index contributed by atoms with van der Waals surface area (Å²) in [5.41, 5.74) is 0.852. The summed E-state index contributed by atoms with van der Waals surface area (Å²) < 4.78 is 0.979. The molecule has 3 nitrogen and oxygen atoms in total. The van der Waals surface area contributed by atoms with Crippen molar-refractivity contribution in [2.45, 2.75) is 19.9 Å². The summed E-state index contributed by atoms with van der Waals surface area (Å²) in [6, 6.07) is 6.13. The molecule has 1 aliphatic heterocycles. The second-order valence-corrected chi connectivity index (χ2v) is 7.32. The van der Waals surface area contributed by atoms with Crippen LogP contribution in [0, 0.1) is 5.41 Å². The molecule has 0 radical (unpaired) electrons. The molecule has 0 bridgehead atoms. The maximum atomic E-state index is 9.81. The SMILES string of the molecule is CC(C)(CO)[C@@H](c1ccc(Br)cc1Cl)N1CCNCC1.Cl. The van der Waals surface area contributed by atoms with Crippen molar-refractivity contribution in [3.8, 4) is 0 Å². The molecule has 0 amide bonds. The van der Waals surface area contributed by atoms with E-state index in [1.54, 1.807) is 0 Å². The van der Waals surface area contributed by atoms with Crippen LogP contribution in [0.1, 0.15) is 25.5 Å². The van der Waals surface area contributed by atoms with E-state index in [4.69, 9.17) is 11.6 Å². The van der Waals surface area contributed by atoms with Crippen molar-refractivity contribution in [2.24, 2.45) is 5.41 Å². The standard InChI is InChI=1S/C15H22BrClN2O.ClH/c1-15(2,10-20)14(19-7-5-18-6-8-19)12-4-3-11(16)9-13(12)17;/h3-4,9,14,18,20H,5-8,10H2,1-2H3;1H/t14-;/m1./s1. The third kappa shape index (κ3) is 4.57. The molecule has 0 spiro atoms. The molecule has 0 unspecified atom stereocenters. The lowest BCUT2D eigenvalue weighted by molar-refractivity contribution is 0.0306. The third-order valence-corrected chi connectivity index (χ3v) is 4.74. The van der Waals surface area contributed by atoms with Gasteiger partial charge in [-0.05, 0) is 17.7 Å². The van der Waals surface area contributed by atoms with E-state index in [0.717, 1.165) is 41.2 Å². The summed E-state index contributed by atoms with van der Waals surface area (Å²) in [6.07, 6.45) is 0. The number of hydrogen-bond acceptors (Lipinski definition) is 3. The van der Waals surface area contributed by atoms with E-state index in [0.29, 0.717) is 0 Å². The first-order valence-corrected chi connectivity index (χ1v) is 8.13. The summed E-state index contributed by atoms with van der Waals surface area (Å²) in [5.74, 6) is 0. The van der Waals surface area contributed by atoms with Crippen molar-refractivity contribution in [1.82, 2.24) is 10.2 Å². The normalized spacial score (nSPS) is 18.1. The van der Waals surface area contributed by atoms with E-state index in [1.807, 2.05) is 12.1 Å². The fraction of sp³-hybridized carbons (Fsp3) is 0.600. The Morgan fingerprint density at radius 2 is 2.00 bits per heavy atom. The summed E-state index contributed by atoms with van der Waals surface area (Å²) >= 11 is 9.90. The van der Waals surface area contributed by atoms with Gasteiger partial charge < -0.3 is 10.4 Å². The van der Waals surface area contributed by atoms with Crippen molar-refractivity contribution in [1.29, 1.82) is 0 Å². The Kier molecular flexibility index (Phi) is 7.44. The van der Waals surface area contributed by atoms with Crippen LogP contribution in [0.2, 0.25) is 5.02 Å². The van der Waals surface area contributed by atoms with E-state index in [-0.39, 0.29) is 30.5 Å². The maximum Gasteiger partial charge on any atom is 0.0500 e. The van der Waals surface area contributed by atoms with Crippen LogP contribution in [0.5, 0.6) is 0 Å². The molecule has 0 aromatic heterocycles. The minimum atomic E-state index is -0.241. The lowest BCUT2D eigenvalue weighted by atomic mass is 9.79. The van der Waals surface area contributed by atoms with E-state index in [9.17, 15) is 5.11 Å². The summed E-state index contributed by atoms with van der Waals surface area (Å²) in [5, 5.41) is 13.9. The van der Waals surface area contributed by atoms with Gasteiger partial charge >= 0.3 is 0 Å². The first-order valence-electron chi connectivity index (χ1n) is 6.96. The van der Waals surface area contributed by atoms with Crippen molar-refractivity contribution < 1.29 is 5.11 Å². The Bertz CT molecular complexity index is 465. The van der Waals surface area contributed by atoms with Crippen LogP contribution < -0.4 is 5.32 Å². The summed E-state index contributed by atoms with van der Waals surface area (Å²) in [6.45, 7) is 8.23. The molecule has 1 aromatic carbocycles. The highest BCUT2D eigenvalue weighted by Crippen LogP contribution is 2.41. The number of hydrogen-bond donors (Lipinski definition) is 2. The quantitative estimate of drug-likeness (QED) is 0.816. The van der Waals surface area contributed by atoms with E-state index in [1.165, 1.54) is 0 Å². The van der Waals surface area contributed by atoms with Crippen LogP contribution >= 0.6 is 39.9 Å². The zero-order valence-corrected chi connectivity index (χ0v) is 15.6. The lowest BCUT2D eigenvalue weighted by Gasteiger charge is -2.43. The predicted molar refractivity (Wildman–Crippen MR) is 94.5 cm³/mol. The van der Waals surface area contributed by atoms with Crippen LogP contribution in [0.3, 0.4) is 0 Å². The number of piperazine rings is 1. The monoisotopic (exact) mass is 396 g/mol. The average Bonchev–Trinajstić information content (AvgIpc) is 2.43. The smallest absolute Gasteiger partial charge is 0.0500 e. The van der Waals surface area contributed by atoms with Gasteiger partial charge in [-0.2, -0.15) is 0 Å². The number of nitrogens with one attached hydrogen (secondary N) is 1. The largest absolute Gasteiger partial charge is 0.396 e. The Hall–Kier alpha value is 0.160. The number of rotatable bonds is 4. The van der Waals surface area contributed by atoms with Crippen molar-refractivity contribution in [2.75, 3.05) is 32.8 Å². The van der Waals surface area contributed by atoms with Crippen LogP contribution in [0.4, 0.5) is 0 Å². The molecule has 21 heavy (non-hydrogen) atoms. The van der Waals surface area contributed by atoms with Gasteiger partial charge in [-0.1, -0.05) is 47.4 Å². The molecule has 120 valence electrons. The average molecular weight is 398 g/mol. The molecule has 0 saturated carbocycles. The van der Waals surface area contributed by atoms with Gasteiger partial charge in [0, 0.05) is 53.7 Å². The van der Waals surface area contributed by atoms with Gasteiger partial charge in [0.2, 0.25) is 0 Å². The first kappa shape index (κ1) is 19.2. The van der Waals surface area contributed by atoms with E-state index >= 15 is 0 Å². The van der Waals surface area contributed by atoms with Crippen LogP contribution in [-0.4, -0.2) is 42.8 Å². The third-order valence-electron chi connectivity index (χ3n) is 3.92. The molecular formula is C15H23BrCl2N2O. The molecule has 6 heteroatoms. The van der Waals surface area contributed by atoms with E-state index in [2.05, 4.69) is 46.1 Å². The molecule has 1 heterocycles. The van der Waals surface area contributed by atoms with Gasteiger partial charge in [0.15, 0.2) is 0 Å². The predicted octanol–water partition coefficient (Wildman–Crippen LogP) is 3.49. The maximum absolute atomic E-state index is 9.81. The topological polar surface area (TPSA) is 35.5 Å². The van der Waals surface area contributed by atoms with Crippen LogP contribution in [0.25, 0.3) is 0 Å². The Labute approximate surface area is 146 Å². The Balaban J connectivity index is 0.00000220. The van der Waals surface area contributed by atoms with Gasteiger partial charge in [0.25, 0.3) is 0 Å². The molecule has 1 aromatic rings. The fourth-order valence-electron chi connectivity index (χ4n) is 2.86. The highest BCUT2D eigenvalue weighted by Gasteiger charge is 2.36. The molecule has 2 N–H and O–H groups in total. The van der Waals surface area contributed by atoms with Gasteiger partial charge in [-0.3, -0.25) is 4.90 Å². The number of benzene rings is 1. The number of nitrogens with zero attached hydrogens (tertiary/aromatic N) is 1. The lowest BCUT2D eigenvalue weighted by Crippen LogP contribution is -2.49. The van der Waals surface area contributed by atoms with Crippen molar-refractivity contribution in [3.63, 3.8) is 0 Å². The number of halogens is 3. The number of aliphatic hydroxyl groups excluding tert-OH is 1. The molecule has 1 atom stereocenters. The Morgan fingerprint density at radius 1 is 1.38 bits per heavy atom. The zero-order valence-electron chi connectivity index (χ0n) is 12.4. The Morgan fingerprint density at radius 3 is 2.52 bits per heavy atom. The molecular weight excluding hydrogens is 375 g/mol. The van der Waals surface area contributed by atoms with Crippen LogP contribution in [0.15, 0.2) is 22.7 Å². The summed E-state index contributed by atoms with van der Waals surface area (Å²) in [4.78, 5) is 2.42. The minimum Gasteiger partial charge on any atom is -0.396 e. The van der Waals surface area contributed by atoms with Gasteiger partial charge in [-0.15, -0.1) is 12.4 Å². The number of aliphatic hydroxyl groups is 1. The summed E-state index contributed by atoms with van der Waals surface area (Å²) in [7, 11) is 0. The van der Waals surface area contributed by atoms with Gasteiger partial charge in [-0.25, -0.2) is 0 Å². The highest BCUT2D eigenvalue weighted by molar-refractivity contribution is 9.10. The fourth-order valence-corrected chi connectivity index (χ4v) is 3.64. The zero-order chi connectivity index (χ0) is 14.8. The van der Waals surface area contributed by atoms with E-state index < -0.39 is 0 Å². The van der Waals surface area contributed by atoms with Gasteiger partial charge in [0.1, 0.15) is 0 Å². The molecule has 1 aliphatic rings. The minimum absolute atomic E-state index is 0. The molecule has 1 saturated heterocycles. The van der Waals surface area contributed by atoms with Crippen molar-refractivity contribution in [3.05, 3.63) is 33.3 Å². The second kappa shape index (κ2) is 8.14. The molecule has 1 fully saturated rings. The second-order valence-electron chi connectivity index (χ2n) is 6.00.